The van der Waals surface area contributed by atoms with Crippen molar-refractivity contribution in [3.63, 3.8) is 0 Å². The Hall–Kier alpha value is -1.26. The van der Waals surface area contributed by atoms with Gasteiger partial charge >= 0.3 is 0 Å². The van der Waals surface area contributed by atoms with Crippen molar-refractivity contribution in [1.82, 2.24) is 5.32 Å². The summed E-state index contributed by atoms with van der Waals surface area (Å²) in [6, 6.07) is 0. The lowest BCUT2D eigenvalue weighted by Crippen LogP contribution is -2.59. The topological polar surface area (TPSA) is 87.7 Å². The number of hydrogen-bond donors (Lipinski definition) is 3. The van der Waals surface area contributed by atoms with E-state index in [2.05, 4.69) is 17.4 Å². The Bertz CT molecular complexity index is 431. The maximum absolute atomic E-state index is 12.6. The molecule has 2 unspecified atom stereocenters. The molecule has 1 amide bonds. The van der Waals surface area contributed by atoms with Crippen molar-refractivity contribution >= 4 is 11.7 Å². The number of nitrogens with two attached hydrogens (primary N) is 1. The van der Waals surface area contributed by atoms with Crippen molar-refractivity contribution in [3.8, 4) is 0 Å². The summed E-state index contributed by atoms with van der Waals surface area (Å²) in [5, 5.41) is 15.5. The molecule has 0 aromatic rings. The van der Waals surface area contributed by atoms with Crippen molar-refractivity contribution in [1.29, 1.82) is 0 Å². The lowest BCUT2D eigenvalue weighted by molar-refractivity contribution is -0.124. The molecule has 0 radical (unpaired) electrons. The number of amides is 1. The first kappa shape index (κ1) is 14.7. The molecular formula is C16H27N3O2. The third-order valence-electron chi connectivity index (χ3n) is 6.21. The molecule has 0 spiro atoms. The van der Waals surface area contributed by atoms with Crippen LogP contribution in [0.25, 0.3) is 0 Å². The fourth-order valence-corrected chi connectivity index (χ4v) is 4.65. The zero-order chi connectivity index (χ0) is 15.0. The van der Waals surface area contributed by atoms with Gasteiger partial charge in [0.2, 0.25) is 5.91 Å². The van der Waals surface area contributed by atoms with Crippen LogP contribution in [0, 0.1) is 23.7 Å². The molecule has 3 aliphatic rings. The van der Waals surface area contributed by atoms with Crippen LogP contribution >= 0.6 is 0 Å². The third kappa shape index (κ3) is 2.51. The first-order chi connectivity index (χ1) is 10.1. The van der Waals surface area contributed by atoms with Gasteiger partial charge in [0.15, 0.2) is 5.84 Å². The summed E-state index contributed by atoms with van der Waals surface area (Å²) >= 11 is 0. The first-order valence-corrected chi connectivity index (χ1v) is 8.41. The Morgan fingerprint density at radius 1 is 1.29 bits per heavy atom. The zero-order valence-corrected chi connectivity index (χ0v) is 12.8. The quantitative estimate of drug-likeness (QED) is 0.321. The van der Waals surface area contributed by atoms with Gasteiger partial charge in [-0.25, -0.2) is 0 Å². The second kappa shape index (κ2) is 5.50. The lowest BCUT2D eigenvalue weighted by atomic mass is 9.74. The van der Waals surface area contributed by atoms with Crippen molar-refractivity contribution in [2.45, 2.75) is 63.8 Å². The first-order valence-electron chi connectivity index (χ1n) is 8.41. The Labute approximate surface area is 126 Å². The third-order valence-corrected chi connectivity index (χ3v) is 6.21. The summed E-state index contributed by atoms with van der Waals surface area (Å²) in [4.78, 5) is 12.6. The van der Waals surface area contributed by atoms with Gasteiger partial charge < -0.3 is 16.3 Å². The highest BCUT2D eigenvalue weighted by Gasteiger charge is 2.57. The van der Waals surface area contributed by atoms with Crippen LogP contribution in [0.4, 0.5) is 0 Å². The second-order valence-corrected chi connectivity index (χ2v) is 7.19. The summed E-state index contributed by atoms with van der Waals surface area (Å²) in [6.07, 6.45) is 8.45. The fraction of sp³-hybridized carbons (Fsp3) is 0.875. The van der Waals surface area contributed by atoms with E-state index in [1.54, 1.807) is 0 Å². The summed E-state index contributed by atoms with van der Waals surface area (Å²) < 4.78 is 0. The Balaban J connectivity index is 1.67. The van der Waals surface area contributed by atoms with Crippen LogP contribution in [0.5, 0.6) is 0 Å². The van der Waals surface area contributed by atoms with Crippen molar-refractivity contribution in [2.75, 3.05) is 0 Å². The molecule has 0 aromatic heterocycles. The maximum Gasteiger partial charge on any atom is 0.224 e. The van der Waals surface area contributed by atoms with E-state index in [9.17, 15) is 4.79 Å². The molecule has 118 valence electrons. The molecule has 2 atom stereocenters. The number of nitrogens with zero attached hydrogens (tertiary/aromatic N) is 1. The smallest absolute Gasteiger partial charge is 0.224 e. The van der Waals surface area contributed by atoms with Crippen LogP contribution in [0.2, 0.25) is 0 Å². The summed E-state index contributed by atoms with van der Waals surface area (Å²) in [6.45, 7) is 2.20. The highest BCUT2D eigenvalue weighted by molar-refractivity contribution is 5.95. The lowest BCUT2D eigenvalue weighted by Gasteiger charge is -2.39. The number of rotatable bonds is 4. The van der Waals surface area contributed by atoms with Gasteiger partial charge in [-0.1, -0.05) is 24.9 Å². The molecule has 0 bridgehead atoms. The Morgan fingerprint density at radius 3 is 2.43 bits per heavy atom. The molecule has 3 rings (SSSR count). The minimum Gasteiger partial charge on any atom is -0.409 e. The second-order valence-electron chi connectivity index (χ2n) is 7.19. The summed E-state index contributed by atoms with van der Waals surface area (Å²) in [7, 11) is 0. The molecular weight excluding hydrogens is 266 g/mol. The molecule has 0 aromatic carbocycles. The number of hydrogen-bond acceptors (Lipinski definition) is 3. The Kier molecular flexibility index (Phi) is 3.84. The highest BCUT2D eigenvalue weighted by atomic mass is 16.4. The molecule has 3 aliphatic carbocycles. The van der Waals surface area contributed by atoms with Crippen LogP contribution in [-0.2, 0) is 4.79 Å². The molecule has 3 saturated carbocycles. The number of fused-ring (bicyclic) bond motifs is 1. The minimum absolute atomic E-state index is 0.131. The molecule has 0 heterocycles. The van der Waals surface area contributed by atoms with Gasteiger partial charge in [-0.05, 0) is 56.3 Å². The van der Waals surface area contributed by atoms with E-state index in [0.29, 0.717) is 17.8 Å². The predicted molar refractivity (Wildman–Crippen MR) is 80.9 cm³/mol. The summed E-state index contributed by atoms with van der Waals surface area (Å²) in [5.41, 5.74) is 5.32. The van der Waals surface area contributed by atoms with Gasteiger partial charge in [0.05, 0.1) is 0 Å². The van der Waals surface area contributed by atoms with E-state index in [0.717, 1.165) is 32.1 Å². The normalized spacial score (nSPS) is 42.4. The molecule has 21 heavy (non-hydrogen) atoms. The van der Waals surface area contributed by atoms with E-state index in [4.69, 9.17) is 10.9 Å². The largest absolute Gasteiger partial charge is 0.409 e. The average molecular weight is 293 g/mol. The van der Waals surface area contributed by atoms with Gasteiger partial charge in [0, 0.05) is 5.92 Å². The van der Waals surface area contributed by atoms with E-state index in [1.807, 2.05) is 0 Å². The molecule has 0 aliphatic heterocycles. The maximum atomic E-state index is 12.6. The van der Waals surface area contributed by atoms with Gasteiger partial charge in [-0.2, -0.15) is 0 Å². The van der Waals surface area contributed by atoms with Gasteiger partial charge in [-0.15, -0.1) is 0 Å². The van der Waals surface area contributed by atoms with Crippen LogP contribution in [-0.4, -0.2) is 22.5 Å². The number of oxime groups is 1. The van der Waals surface area contributed by atoms with Crippen LogP contribution in [0.1, 0.15) is 58.3 Å². The average Bonchev–Trinajstić information content (AvgIpc) is 3.00. The number of nitrogens with one attached hydrogen (secondary N) is 1. The highest BCUT2D eigenvalue weighted by Crippen LogP contribution is 2.57. The fourth-order valence-electron chi connectivity index (χ4n) is 4.65. The molecule has 4 N–H and O–H groups in total. The van der Waals surface area contributed by atoms with Crippen LogP contribution in [0.3, 0.4) is 0 Å². The van der Waals surface area contributed by atoms with Crippen molar-refractivity contribution in [3.05, 3.63) is 0 Å². The zero-order valence-electron chi connectivity index (χ0n) is 12.8. The SMILES string of the molecule is CCC1CCC(NC(=O)C2C3CCCC32)(C(N)=NO)CC1. The standard InChI is InChI=1S/C16H27N3O2/c1-2-10-6-8-16(9-7-10,15(17)19-21)18-14(20)13-11-4-3-5-12(11)13/h10-13,21H,2-9H2,1H3,(H2,17,19)(H,18,20). The monoisotopic (exact) mass is 293 g/mol. The molecule has 0 saturated heterocycles. The number of carbonyl (C=O) groups is 1. The minimum atomic E-state index is -0.617. The predicted octanol–water partition coefficient (Wildman–Crippen LogP) is 2.23. The van der Waals surface area contributed by atoms with E-state index in [1.165, 1.54) is 19.3 Å². The Morgan fingerprint density at radius 2 is 1.90 bits per heavy atom. The van der Waals surface area contributed by atoms with E-state index >= 15 is 0 Å². The van der Waals surface area contributed by atoms with Crippen LogP contribution in [0.15, 0.2) is 5.16 Å². The molecule has 3 fully saturated rings. The van der Waals surface area contributed by atoms with Crippen molar-refractivity contribution < 1.29 is 10.0 Å². The van der Waals surface area contributed by atoms with Gasteiger partial charge in [0.25, 0.3) is 0 Å². The van der Waals surface area contributed by atoms with Gasteiger partial charge in [0.1, 0.15) is 5.54 Å². The van der Waals surface area contributed by atoms with Crippen LogP contribution < -0.4 is 11.1 Å². The number of amidine groups is 1. The van der Waals surface area contributed by atoms with E-state index in [-0.39, 0.29) is 17.7 Å². The van der Waals surface area contributed by atoms with Gasteiger partial charge in [-0.3, -0.25) is 4.79 Å². The summed E-state index contributed by atoms with van der Waals surface area (Å²) in [5.74, 6) is 2.39. The number of carbonyl (C=O) groups excluding carboxylic acids is 1. The van der Waals surface area contributed by atoms with Crippen molar-refractivity contribution in [2.24, 2.45) is 34.6 Å². The molecule has 5 nitrogen and oxygen atoms in total. The van der Waals surface area contributed by atoms with E-state index < -0.39 is 5.54 Å². The molecule has 5 heteroatoms.